The van der Waals surface area contributed by atoms with Crippen molar-refractivity contribution in [3.05, 3.63) is 0 Å². The van der Waals surface area contributed by atoms with E-state index in [1.807, 2.05) is 0 Å². The third-order valence-corrected chi connectivity index (χ3v) is 4.14. The minimum atomic E-state index is -0.275. The second-order valence-corrected chi connectivity index (χ2v) is 4.99. The number of hydrogen-bond acceptors (Lipinski definition) is 3. The molecule has 0 aliphatic carbocycles. The van der Waals surface area contributed by atoms with Crippen molar-refractivity contribution in [1.82, 2.24) is 5.32 Å². The zero-order valence-electron chi connectivity index (χ0n) is 4.49. The first kappa shape index (κ1) is 7.24. The Morgan fingerprint density at radius 3 is 2.78 bits per heavy atom. The highest BCUT2D eigenvalue weighted by atomic mass is 32.8. The Balaban J connectivity index is 2.64. The van der Waals surface area contributed by atoms with Gasteiger partial charge in [0.1, 0.15) is 10.6 Å². The summed E-state index contributed by atoms with van der Waals surface area (Å²) in [6.45, 7) is 0. The van der Waals surface area contributed by atoms with E-state index in [1.54, 1.807) is 0 Å². The van der Waals surface area contributed by atoms with Gasteiger partial charge in [0.25, 0.3) is 0 Å². The van der Waals surface area contributed by atoms with Gasteiger partial charge in [0, 0.05) is 5.75 Å². The summed E-state index contributed by atoms with van der Waals surface area (Å²) in [5, 5.41) is 2.82. The van der Waals surface area contributed by atoms with Crippen molar-refractivity contribution in [2.45, 2.75) is 6.04 Å². The van der Waals surface area contributed by atoms with Gasteiger partial charge in [-0.1, -0.05) is 21.7 Å². The Bertz CT molecular complexity index is 163. The molecule has 9 heavy (non-hydrogen) atoms. The van der Waals surface area contributed by atoms with Crippen LogP contribution in [0.25, 0.3) is 0 Å². The standard InChI is InChI=1S/C4H5NOS3/c6-1-3-2-9(8)4(7)5-3/h1,3H,2H2,(H,5,7). The average Bonchev–Trinajstić information content (AvgIpc) is 2.13. The molecule has 0 amide bonds. The Morgan fingerprint density at radius 1 is 1.89 bits per heavy atom. The Kier molecular flexibility index (Phi) is 2.26. The van der Waals surface area contributed by atoms with E-state index >= 15 is 0 Å². The molecule has 1 heterocycles. The quantitative estimate of drug-likeness (QED) is 0.435. The number of hydrogen-bond donors (Lipinski definition) is 1. The van der Waals surface area contributed by atoms with E-state index in [9.17, 15) is 4.79 Å². The van der Waals surface area contributed by atoms with Gasteiger partial charge in [0.2, 0.25) is 0 Å². The van der Waals surface area contributed by atoms with Gasteiger partial charge in [-0.15, -0.1) is 0 Å². The second-order valence-electron chi connectivity index (χ2n) is 1.69. The summed E-state index contributed by atoms with van der Waals surface area (Å²) in [4.78, 5) is 10.1. The Morgan fingerprint density at radius 2 is 2.56 bits per heavy atom. The van der Waals surface area contributed by atoms with Crippen LogP contribution in [-0.4, -0.2) is 22.4 Å². The molecule has 1 fully saturated rings. The van der Waals surface area contributed by atoms with Gasteiger partial charge in [-0.25, -0.2) is 0 Å². The molecule has 1 N–H and O–H groups in total. The van der Waals surface area contributed by atoms with Crippen LogP contribution in [0, 0.1) is 0 Å². The van der Waals surface area contributed by atoms with Crippen LogP contribution in [0.3, 0.4) is 0 Å². The maximum atomic E-state index is 10.1. The van der Waals surface area contributed by atoms with Gasteiger partial charge in [-0.3, -0.25) is 0 Å². The molecule has 0 spiro atoms. The van der Waals surface area contributed by atoms with E-state index in [0.717, 1.165) is 6.29 Å². The lowest BCUT2D eigenvalue weighted by Crippen LogP contribution is -2.26. The summed E-state index contributed by atoms with van der Waals surface area (Å²) < 4.78 is 0.669. The van der Waals surface area contributed by atoms with E-state index in [1.165, 1.54) is 0 Å². The molecular formula is C4H5NOS3. The third kappa shape index (κ3) is 1.53. The molecule has 0 aromatic carbocycles. The van der Waals surface area contributed by atoms with Gasteiger partial charge in [0.15, 0.2) is 0 Å². The fourth-order valence-corrected chi connectivity index (χ4v) is 2.43. The minimum absolute atomic E-state index is 0.113. The molecular weight excluding hydrogens is 174 g/mol. The molecule has 1 saturated heterocycles. The summed E-state index contributed by atoms with van der Waals surface area (Å²) in [6.07, 6.45) is 0.853. The summed E-state index contributed by atoms with van der Waals surface area (Å²) >= 11 is 9.76. The first-order valence-electron chi connectivity index (χ1n) is 2.38. The van der Waals surface area contributed by atoms with Gasteiger partial charge in [-0.05, 0) is 11.2 Å². The van der Waals surface area contributed by atoms with Crippen molar-refractivity contribution in [1.29, 1.82) is 0 Å². The topological polar surface area (TPSA) is 29.1 Å². The van der Waals surface area contributed by atoms with Crippen molar-refractivity contribution in [2.75, 3.05) is 5.75 Å². The van der Waals surface area contributed by atoms with E-state index < -0.39 is 0 Å². The first-order chi connectivity index (χ1) is 4.24. The molecule has 1 aliphatic heterocycles. The number of rotatable bonds is 1. The lowest BCUT2D eigenvalue weighted by Gasteiger charge is -1.94. The molecule has 50 valence electrons. The van der Waals surface area contributed by atoms with Crippen LogP contribution in [0.1, 0.15) is 0 Å². The van der Waals surface area contributed by atoms with Crippen molar-refractivity contribution >= 4 is 43.5 Å². The summed E-state index contributed by atoms with van der Waals surface area (Å²) in [5.41, 5.74) is 0. The van der Waals surface area contributed by atoms with Gasteiger partial charge in [0.05, 0.1) is 6.04 Å². The smallest absolute Gasteiger partial charge is 0.143 e. The molecule has 0 radical (unpaired) electrons. The predicted molar refractivity (Wildman–Crippen MR) is 45.2 cm³/mol. The third-order valence-electron chi connectivity index (χ3n) is 1.01. The van der Waals surface area contributed by atoms with Crippen LogP contribution in [0.4, 0.5) is 0 Å². The number of aldehydes is 1. The SMILES string of the molecule is O=CC1CS(=S)C(=S)N1. The van der Waals surface area contributed by atoms with Crippen LogP contribution in [0.15, 0.2) is 0 Å². The average molecular weight is 179 g/mol. The van der Waals surface area contributed by atoms with Gasteiger partial charge in [-0.2, -0.15) is 0 Å². The Hall–Kier alpha value is 0.130. The molecule has 2 nitrogen and oxygen atoms in total. The number of thiocarbonyl (C=S) groups is 1. The van der Waals surface area contributed by atoms with Gasteiger partial charge < -0.3 is 10.1 Å². The monoisotopic (exact) mass is 179 g/mol. The highest BCUT2D eigenvalue weighted by Crippen LogP contribution is 1.99. The van der Waals surface area contributed by atoms with E-state index in [2.05, 4.69) is 5.32 Å². The zero-order valence-corrected chi connectivity index (χ0v) is 6.94. The summed E-state index contributed by atoms with van der Waals surface area (Å²) in [6, 6.07) is -0.113. The van der Waals surface area contributed by atoms with E-state index in [4.69, 9.17) is 23.4 Å². The van der Waals surface area contributed by atoms with Crippen LogP contribution < -0.4 is 5.32 Å². The fourth-order valence-electron chi connectivity index (χ4n) is 0.571. The van der Waals surface area contributed by atoms with E-state index in [-0.39, 0.29) is 15.5 Å². The van der Waals surface area contributed by atoms with E-state index in [0.29, 0.717) is 10.1 Å². The second kappa shape index (κ2) is 2.81. The normalized spacial score (nSPS) is 34.0. The Labute approximate surface area is 65.6 Å². The largest absolute Gasteiger partial charge is 0.360 e. The molecule has 1 rings (SSSR count). The lowest BCUT2D eigenvalue weighted by atomic mass is 10.4. The first-order valence-corrected chi connectivity index (χ1v) is 5.11. The van der Waals surface area contributed by atoms with Gasteiger partial charge >= 0.3 is 0 Å². The predicted octanol–water partition coefficient (Wildman–Crippen LogP) is -0.478. The molecule has 0 saturated carbocycles. The maximum Gasteiger partial charge on any atom is 0.143 e. The lowest BCUT2D eigenvalue weighted by molar-refractivity contribution is -0.108. The maximum absolute atomic E-state index is 10.1. The molecule has 0 bridgehead atoms. The summed E-state index contributed by atoms with van der Waals surface area (Å²) in [5.74, 6) is 0.706. The molecule has 5 heteroatoms. The highest BCUT2D eigenvalue weighted by molar-refractivity contribution is 8.41. The number of carbonyl (C=O) groups is 1. The summed E-state index contributed by atoms with van der Waals surface area (Å²) in [7, 11) is -0.275. The minimum Gasteiger partial charge on any atom is -0.360 e. The van der Waals surface area contributed by atoms with Crippen LogP contribution in [-0.2, 0) is 25.4 Å². The van der Waals surface area contributed by atoms with Crippen LogP contribution in [0.2, 0.25) is 0 Å². The van der Waals surface area contributed by atoms with Crippen molar-refractivity contribution in [3.63, 3.8) is 0 Å². The van der Waals surface area contributed by atoms with Crippen molar-refractivity contribution < 1.29 is 4.79 Å². The zero-order chi connectivity index (χ0) is 6.85. The van der Waals surface area contributed by atoms with Crippen LogP contribution >= 0.6 is 12.2 Å². The molecule has 2 atom stereocenters. The molecule has 0 aromatic rings. The molecule has 2 unspecified atom stereocenters. The fraction of sp³-hybridized carbons (Fsp3) is 0.500. The van der Waals surface area contributed by atoms with Crippen LogP contribution in [0.5, 0.6) is 0 Å². The highest BCUT2D eigenvalue weighted by Gasteiger charge is 2.20. The van der Waals surface area contributed by atoms with Crippen molar-refractivity contribution in [2.24, 2.45) is 0 Å². The number of nitrogens with one attached hydrogen (secondary N) is 1. The molecule has 0 aromatic heterocycles. The molecule has 1 aliphatic rings. The number of carbonyl (C=O) groups excluding carboxylic acids is 1. The van der Waals surface area contributed by atoms with Crippen molar-refractivity contribution in [3.8, 4) is 0 Å².